The first-order chi connectivity index (χ1) is 18.1. The van der Waals surface area contributed by atoms with Gasteiger partial charge in [0.25, 0.3) is 0 Å². The van der Waals surface area contributed by atoms with Crippen molar-refractivity contribution in [3.63, 3.8) is 0 Å². The second-order valence-corrected chi connectivity index (χ2v) is 12.5. The van der Waals surface area contributed by atoms with Crippen LogP contribution in [-0.2, 0) is 4.79 Å². The van der Waals surface area contributed by atoms with E-state index in [1.807, 2.05) is 0 Å². The van der Waals surface area contributed by atoms with E-state index in [9.17, 15) is 18.8 Å². The molecule has 3 aromatic rings. The molecular weight excluding hydrogens is 488 g/mol. The summed E-state index contributed by atoms with van der Waals surface area (Å²) in [4.78, 5) is 45.6. The highest BCUT2D eigenvalue weighted by molar-refractivity contribution is 6.01. The van der Waals surface area contributed by atoms with Crippen molar-refractivity contribution in [1.82, 2.24) is 9.55 Å². The van der Waals surface area contributed by atoms with Crippen molar-refractivity contribution in [1.29, 1.82) is 0 Å². The van der Waals surface area contributed by atoms with E-state index in [4.69, 9.17) is 0 Å². The fourth-order valence-electron chi connectivity index (χ4n) is 8.53. The third kappa shape index (κ3) is 3.63. The van der Waals surface area contributed by atoms with E-state index in [1.165, 1.54) is 41.0 Å². The fourth-order valence-corrected chi connectivity index (χ4v) is 8.53. The van der Waals surface area contributed by atoms with E-state index in [2.05, 4.69) is 11.9 Å². The molecule has 5 aliphatic rings. The minimum Gasteiger partial charge on any atom is -0.297 e. The van der Waals surface area contributed by atoms with Gasteiger partial charge in [-0.2, -0.15) is 0 Å². The van der Waals surface area contributed by atoms with Crippen LogP contribution in [0.1, 0.15) is 68.6 Å². The zero-order chi connectivity index (χ0) is 26.4. The van der Waals surface area contributed by atoms with Crippen LogP contribution in [0.2, 0.25) is 0 Å². The number of hydrogen-bond donors (Lipinski definition) is 0. The molecule has 0 spiro atoms. The molecule has 6 nitrogen and oxygen atoms in total. The Balaban J connectivity index is 1.35. The lowest BCUT2D eigenvalue weighted by molar-refractivity contribution is -0.122. The standard InChI is InChI=1S/C30H29F2N3O3/c1-29-10-17-8-18(11-29)13-30(12-17,16-29)14-24(36)21-15-35(23-4-2-19(31)9-22(23)32)28-20(27(21)38)3-5-25(33-28)34-7-6-26(34)37/h2-5,9,15,17-18H,6-8,10-14,16H2,1H3. The number of hydrogen-bond acceptors (Lipinski definition) is 4. The molecule has 0 N–H and O–H groups in total. The first-order valence-corrected chi connectivity index (χ1v) is 13.5. The minimum atomic E-state index is -0.838. The van der Waals surface area contributed by atoms with Crippen LogP contribution in [0.25, 0.3) is 16.7 Å². The number of ketones is 1. The molecule has 0 radical (unpaired) electrons. The van der Waals surface area contributed by atoms with Gasteiger partial charge in [-0.3, -0.25) is 23.9 Å². The van der Waals surface area contributed by atoms with Crippen LogP contribution < -0.4 is 10.3 Å². The van der Waals surface area contributed by atoms with Crippen molar-refractivity contribution < 1.29 is 18.4 Å². The lowest BCUT2D eigenvalue weighted by Gasteiger charge is -2.61. The van der Waals surface area contributed by atoms with Gasteiger partial charge in [0, 0.05) is 31.6 Å². The predicted octanol–water partition coefficient (Wildman–Crippen LogP) is 5.58. The number of Topliss-reactive ketones (excluding diaryl/α,β-unsaturated/α-hetero) is 1. The summed E-state index contributed by atoms with van der Waals surface area (Å²) in [5, 5.41) is 0.161. The van der Waals surface area contributed by atoms with E-state index in [-0.39, 0.29) is 44.8 Å². The summed E-state index contributed by atoms with van der Waals surface area (Å²) >= 11 is 0. The third-order valence-electron chi connectivity index (χ3n) is 9.44. The molecule has 196 valence electrons. The number of aromatic nitrogens is 2. The number of carbonyl (C=O) groups is 2. The molecule has 2 atom stereocenters. The molecular formula is C30H29F2N3O3. The maximum Gasteiger partial charge on any atom is 0.229 e. The molecule has 38 heavy (non-hydrogen) atoms. The van der Waals surface area contributed by atoms with Gasteiger partial charge in [0.1, 0.15) is 17.5 Å². The number of halogens is 2. The van der Waals surface area contributed by atoms with Crippen LogP contribution in [0, 0.1) is 34.3 Å². The zero-order valence-electron chi connectivity index (χ0n) is 21.3. The lowest BCUT2D eigenvalue weighted by atomic mass is 9.44. The molecule has 1 amide bonds. The normalized spacial score (nSPS) is 29.7. The lowest BCUT2D eigenvalue weighted by Crippen LogP contribution is -2.51. The highest BCUT2D eigenvalue weighted by Gasteiger charge is 2.56. The molecule has 4 aliphatic carbocycles. The van der Waals surface area contributed by atoms with Gasteiger partial charge < -0.3 is 0 Å². The summed E-state index contributed by atoms with van der Waals surface area (Å²) in [7, 11) is 0. The number of amides is 1. The second-order valence-electron chi connectivity index (χ2n) is 12.5. The average molecular weight is 518 g/mol. The Kier molecular flexibility index (Phi) is 5.01. The van der Waals surface area contributed by atoms with Crippen molar-refractivity contribution in [2.45, 2.75) is 58.3 Å². The molecule has 1 aliphatic heterocycles. The first-order valence-electron chi connectivity index (χ1n) is 13.5. The van der Waals surface area contributed by atoms with Gasteiger partial charge in [0.05, 0.1) is 16.6 Å². The predicted molar refractivity (Wildman–Crippen MR) is 138 cm³/mol. The first kappa shape index (κ1) is 23.7. The van der Waals surface area contributed by atoms with Gasteiger partial charge >= 0.3 is 0 Å². The number of anilines is 1. The molecule has 1 aromatic carbocycles. The number of rotatable bonds is 5. The van der Waals surface area contributed by atoms with Crippen LogP contribution >= 0.6 is 0 Å². The Hall–Kier alpha value is -3.42. The Morgan fingerprint density at radius 2 is 1.84 bits per heavy atom. The van der Waals surface area contributed by atoms with E-state index in [0.717, 1.165) is 31.4 Å². The molecule has 2 aromatic heterocycles. The van der Waals surface area contributed by atoms with E-state index in [0.29, 0.717) is 37.0 Å². The van der Waals surface area contributed by atoms with Crippen molar-refractivity contribution in [3.05, 3.63) is 63.9 Å². The smallest absolute Gasteiger partial charge is 0.229 e. The van der Waals surface area contributed by atoms with E-state index < -0.39 is 17.1 Å². The molecule has 4 saturated carbocycles. The van der Waals surface area contributed by atoms with Gasteiger partial charge in [0.2, 0.25) is 11.3 Å². The second kappa shape index (κ2) is 8.04. The zero-order valence-corrected chi connectivity index (χ0v) is 21.3. The van der Waals surface area contributed by atoms with Crippen LogP contribution in [-0.4, -0.2) is 27.8 Å². The number of β-lactam (4-membered cyclic amide) rings is 1. The molecule has 3 heterocycles. The number of nitrogens with zero attached hydrogens (tertiary/aromatic N) is 3. The van der Waals surface area contributed by atoms with Gasteiger partial charge in [0.15, 0.2) is 11.4 Å². The summed E-state index contributed by atoms with van der Waals surface area (Å²) < 4.78 is 30.1. The number of benzene rings is 1. The maximum absolute atomic E-state index is 15.0. The Morgan fingerprint density at radius 3 is 2.47 bits per heavy atom. The van der Waals surface area contributed by atoms with Gasteiger partial charge in [-0.25, -0.2) is 13.8 Å². The summed E-state index contributed by atoms with van der Waals surface area (Å²) in [6.45, 7) is 2.85. The number of carbonyl (C=O) groups excluding carboxylic acids is 2. The quantitative estimate of drug-likeness (QED) is 0.327. The van der Waals surface area contributed by atoms with Crippen molar-refractivity contribution in [2.24, 2.45) is 22.7 Å². The Bertz CT molecular complexity index is 1580. The monoisotopic (exact) mass is 517 g/mol. The number of fused-ring (bicyclic) bond motifs is 1. The summed E-state index contributed by atoms with van der Waals surface area (Å²) in [6.07, 6.45) is 8.81. The van der Waals surface area contributed by atoms with Crippen LogP contribution in [0.15, 0.2) is 41.3 Å². The Morgan fingerprint density at radius 1 is 1.08 bits per heavy atom. The largest absolute Gasteiger partial charge is 0.297 e. The van der Waals surface area contributed by atoms with Gasteiger partial charge in [-0.1, -0.05) is 6.92 Å². The number of pyridine rings is 2. The van der Waals surface area contributed by atoms with Crippen LogP contribution in [0.4, 0.5) is 14.6 Å². The highest BCUT2D eigenvalue weighted by Crippen LogP contribution is 2.66. The van der Waals surface area contributed by atoms with Crippen LogP contribution in [0.3, 0.4) is 0 Å². The third-order valence-corrected chi connectivity index (χ3v) is 9.44. The fraction of sp³-hybridized carbons (Fsp3) is 0.467. The topological polar surface area (TPSA) is 72.3 Å². The summed E-state index contributed by atoms with van der Waals surface area (Å²) in [5.41, 5.74) is -0.183. The highest BCUT2D eigenvalue weighted by atomic mass is 19.1. The SMILES string of the molecule is CC12CC3CC(C1)CC(CC(=O)c1cn(-c4ccc(F)cc4F)c4nc(N5CCC5=O)ccc4c1=O)(C3)C2. The van der Waals surface area contributed by atoms with Crippen LogP contribution in [0.5, 0.6) is 0 Å². The summed E-state index contributed by atoms with van der Waals surface area (Å²) in [6, 6.07) is 6.29. The van der Waals surface area contributed by atoms with Crippen molar-refractivity contribution in [3.8, 4) is 5.69 Å². The molecule has 2 unspecified atom stereocenters. The summed E-state index contributed by atoms with van der Waals surface area (Å²) in [5.74, 6) is -0.261. The molecule has 5 fully saturated rings. The maximum atomic E-state index is 15.0. The average Bonchev–Trinajstić information content (AvgIpc) is 2.82. The molecule has 8 rings (SSSR count). The van der Waals surface area contributed by atoms with E-state index in [1.54, 1.807) is 12.1 Å². The van der Waals surface area contributed by atoms with Gasteiger partial charge in [-0.15, -0.1) is 0 Å². The molecule has 1 saturated heterocycles. The van der Waals surface area contributed by atoms with E-state index >= 15 is 4.39 Å². The van der Waals surface area contributed by atoms with Crippen molar-refractivity contribution in [2.75, 3.05) is 11.4 Å². The Labute approximate surface area is 218 Å². The van der Waals surface area contributed by atoms with Crippen molar-refractivity contribution >= 4 is 28.5 Å². The molecule has 8 heteroatoms. The van der Waals surface area contributed by atoms with Gasteiger partial charge in [-0.05, 0) is 85.5 Å². The molecule has 4 bridgehead atoms. The minimum absolute atomic E-state index is 0.00306.